The fourth-order valence-corrected chi connectivity index (χ4v) is 5.16. The minimum atomic E-state index is -4.05. The number of benzene rings is 3. The topological polar surface area (TPSA) is 86.8 Å². The Labute approximate surface area is 234 Å². The molecule has 39 heavy (non-hydrogen) atoms. The highest BCUT2D eigenvalue weighted by atomic mass is 35.5. The van der Waals surface area contributed by atoms with Crippen molar-refractivity contribution in [2.24, 2.45) is 0 Å². The number of halogens is 2. The number of amides is 2. The summed E-state index contributed by atoms with van der Waals surface area (Å²) in [4.78, 5) is 28.8. The van der Waals surface area contributed by atoms with Crippen molar-refractivity contribution in [2.75, 3.05) is 23.7 Å². The maximum atomic E-state index is 14.7. The zero-order valence-electron chi connectivity index (χ0n) is 22.0. The lowest BCUT2D eigenvalue weighted by Gasteiger charge is -2.33. The smallest absolute Gasteiger partial charge is 0.244 e. The summed E-state index contributed by atoms with van der Waals surface area (Å²) in [6.07, 6.45) is 2.73. The molecular formula is C29H33ClFN3O4S. The lowest BCUT2D eigenvalue weighted by atomic mass is 10.0. The number of hydrogen-bond acceptors (Lipinski definition) is 4. The van der Waals surface area contributed by atoms with E-state index in [4.69, 9.17) is 11.6 Å². The van der Waals surface area contributed by atoms with Crippen LogP contribution in [0.2, 0.25) is 5.02 Å². The van der Waals surface area contributed by atoms with Gasteiger partial charge in [0.2, 0.25) is 21.8 Å². The maximum absolute atomic E-state index is 14.7. The van der Waals surface area contributed by atoms with Gasteiger partial charge in [0.05, 0.1) is 11.9 Å². The number of hydrogen-bond donors (Lipinski definition) is 1. The van der Waals surface area contributed by atoms with E-state index < -0.39 is 34.3 Å². The van der Waals surface area contributed by atoms with Gasteiger partial charge in [0, 0.05) is 24.5 Å². The molecule has 0 aliphatic heterocycles. The number of para-hydroxylation sites is 1. The second kappa shape index (κ2) is 14.1. The molecule has 2 amide bonds. The molecule has 1 N–H and O–H groups in total. The third-order valence-corrected chi connectivity index (χ3v) is 7.69. The Kier molecular flexibility index (Phi) is 10.9. The Morgan fingerprint density at radius 2 is 1.62 bits per heavy atom. The van der Waals surface area contributed by atoms with Gasteiger partial charge in [-0.15, -0.1) is 0 Å². The minimum absolute atomic E-state index is 0.0495. The molecule has 208 valence electrons. The number of anilines is 1. The molecule has 7 nitrogen and oxygen atoms in total. The van der Waals surface area contributed by atoms with Crippen molar-refractivity contribution < 1.29 is 22.4 Å². The second-order valence-electron chi connectivity index (χ2n) is 9.18. The summed E-state index contributed by atoms with van der Waals surface area (Å²) in [6.45, 7) is 1.69. The van der Waals surface area contributed by atoms with Crippen molar-refractivity contribution in [3.05, 3.63) is 101 Å². The number of carbonyl (C=O) groups is 2. The first-order chi connectivity index (χ1) is 18.6. The molecule has 1 atom stereocenters. The number of nitrogens with one attached hydrogen (secondary N) is 1. The molecule has 3 rings (SSSR count). The fraction of sp³-hybridized carbons (Fsp3) is 0.310. The van der Waals surface area contributed by atoms with Crippen LogP contribution in [0.4, 0.5) is 10.1 Å². The second-order valence-corrected chi connectivity index (χ2v) is 11.5. The molecule has 3 aromatic rings. The molecule has 0 saturated heterocycles. The number of carbonyl (C=O) groups excluding carboxylic acids is 2. The lowest BCUT2D eigenvalue weighted by Crippen LogP contribution is -2.53. The van der Waals surface area contributed by atoms with Gasteiger partial charge in [-0.3, -0.25) is 13.9 Å². The van der Waals surface area contributed by atoms with Gasteiger partial charge in [0.15, 0.2) is 0 Å². The van der Waals surface area contributed by atoms with Crippen molar-refractivity contribution in [3.63, 3.8) is 0 Å². The molecular weight excluding hydrogens is 541 g/mol. The number of sulfonamides is 1. The normalized spacial score (nSPS) is 12.0. The Hall–Kier alpha value is -3.43. The van der Waals surface area contributed by atoms with E-state index in [9.17, 15) is 22.4 Å². The van der Waals surface area contributed by atoms with E-state index >= 15 is 0 Å². The predicted molar refractivity (Wildman–Crippen MR) is 152 cm³/mol. The van der Waals surface area contributed by atoms with Crippen LogP contribution in [0.1, 0.15) is 30.9 Å². The lowest BCUT2D eigenvalue weighted by molar-refractivity contribution is -0.140. The van der Waals surface area contributed by atoms with Gasteiger partial charge in [-0.25, -0.2) is 12.8 Å². The highest BCUT2D eigenvalue weighted by Gasteiger charge is 2.33. The van der Waals surface area contributed by atoms with E-state index in [0.717, 1.165) is 35.0 Å². The highest BCUT2D eigenvalue weighted by molar-refractivity contribution is 7.92. The monoisotopic (exact) mass is 573 g/mol. The third kappa shape index (κ3) is 8.53. The molecule has 10 heteroatoms. The van der Waals surface area contributed by atoms with Crippen molar-refractivity contribution >= 4 is 39.1 Å². The Morgan fingerprint density at radius 1 is 0.974 bits per heavy atom. The number of unbranched alkanes of at least 4 members (excludes halogenated alkanes) is 1. The summed E-state index contributed by atoms with van der Waals surface area (Å²) in [6, 6.07) is 20.5. The minimum Gasteiger partial charge on any atom is -0.354 e. The molecule has 0 saturated carbocycles. The molecule has 0 heterocycles. The van der Waals surface area contributed by atoms with Crippen LogP contribution in [-0.4, -0.2) is 50.5 Å². The Balaban J connectivity index is 2.05. The van der Waals surface area contributed by atoms with Crippen LogP contribution in [0.15, 0.2) is 78.9 Å². The van der Waals surface area contributed by atoms with Crippen LogP contribution >= 0.6 is 11.6 Å². The molecule has 0 aliphatic carbocycles. The van der Waals surface area contributed by atoms with Crippen molar-refractivity contribution in [1.82, 2.24) is 10.2 Å². The summed E-state index contributed by atoms with van der Waals surface area (Å²) in [5.41, 5.74) is 1.15. The highest BCUT2D eigenvalue weighted by Crippen LogP contribution is 2.24. The van der Waals surface area contributed by atoms with E-state index in [0.29, 0.717) is 17.1 Å². The van der Waals surface area contributed by atoms with Crippen molar-refractivity contribution in [3.8, 4) is 0 Å². The van der Waals surface area contributed by atoms with Gasteiger partial charge in [-0.2, -0.15) is 0 Å². The third-order valence-electron chi connectivity index (χ3n) is 6.20. The molecule has 0 bridgehead atoms. The fourth-order valence-electron chi connectivity index (χ4n) is 4.12. The van der Waals surface area contributed by atoms with Crippen LogP contribution in [-0.2, 0) is 32.6 Å². The first-order valence-corrected chi connectivity index (χ1v) is 14.9. The van der Waals surface area contributed by atoms with Crippen LogP contribution < -0.4 is 9.62 Å². The summed E-state index contributed by atoms with van der Waals surface area (Å²) in [5.74, 6) is -1.83. The zero-order valence-corrected chi connectivity index (χ0v) is 23.6. The summed E-state index contributed by atoms with van der Waals surface area (Å²) >= 11 is 6.42. The first-order valence-electron chi connectivity index (χ1n) is 12.7. The quantitative estimate of drug-likeness (QED) is 0.298. The van der Waals surface area contributed by atoms with Gasteiger partial charge in [0.1, 0.15) is 18.4 Å². The van der Waals surface area contributed by atoms with Gasteiger partial charge in [-0.05, 0) is 35.7 Å². The average Bonchev–Trinajstić information content (AvgIpc) is 2.90. The van der Waals surface area contributed by atoms with Gasteiger partial charge in [0.25, 0.3) is 0 Å². The summed E-state index contributed by atoms with van der Waals surface area (Å²) in [7, 11) is -4.05. The molecule has 0 aromatic heterocycles. The first kappa shape index (κ1) is 30.1. The predicted octanol–water partition coefficient (Wildman–Crippen LogP) is 4.80. The van der Waals surface area contributed by atoms with Crippen molar-refractivity contribution in [1.29, 1.82) is 0 Å². The number of rotatable bonds is 13. The van der Waals surface area contributed by atoms with Crippen LogP contribution in [0.3, 0.4) is 0 Å². The van der Waals surface area contributed by atoms with Gasteiger partial charge < -0.3 is 10.2 Å². The van der Waals surface area contributed by atoms with Crippen LogP contribution in [0.5, 0.6) is 0 Å². The van der Waals surface area contributed by atoms with E-state index in [1.54, 1.807) is 24.3 Å². The average molecular weight is 574 g/mol. The van der Waals surface area contributed by atoms with E-state index in [2.05, 4.69) is 5.32 Å². The largest absolute Gasteiger partial charge is 0.354 e. The molecule has 0 unspecified atom stereocenters. The van der Waals surface area contributed by atoms with E-state index in [1.165, 1.54) is 23.1 Å². The SMILES string of the molecule is CCCCNC(=O)[C@H](Cc1ccccc1)N(Cc1ccccc1Cl)C(=O)CN(c1ccccc1F)S(C)(=O)=O. The molecule has 0 radical (unpaired) electrons. The molecule has 3 aromatic carbocycles. The number of nitrogens with zero attached hydrogens (tertiary/aromatic N) is 2. The van der Waals surface area contributed by atoms with Crippen molar-refractivity contribution in [2.45, 2.75) is 38.8 Å². The Morgan fingerprint density at radius 3 is 2.26 bits per heavy atom. The maximum Gasteiger partial charge on any atom is 0.244 e. The van der Waals surface area contributed by atoms with Crippen LogP contribution in [0.25, 0.3) is 0 Å². The van der Waals surface area contributed by atoms with Gasteiger partial charge >= 0.3 is 0 Å². The van der Waals surface area contributed by atoms with E-state index in [-0.39, 0.29) is 24.6 Å². The Bertz CT molecular complexity index is 1370. The van der Waals surface area contributed by atoms with E-state index in [1.807, 2.05) is 37.3 Å². The summed E-state index contributed by atoms with van der Waals surface area (Å²) in [5, 5.41) is 3.30. The molecule has 0 fully saturated rings. The standard InChI is InChI=1S/C29H33ClFN3O4S/c1-3-4-18-32-29(36)27(19-22-12-6-5-7-13-22)33(20-23-14-8-9-15-24(23)30)28(35)21-34(39(2,37)38)26-17-11-10-16-25(26)31/h5-17,27H,3-4,18-21H2,1-2H3,(H,32,36)/t27-/m0/s1. The van der Waals surface area contributed by atoms with Gasteiger partial charge in [-0.1, -0.05) is 85.6 Å². The zero-order chi connectivity index (χ0) is 28.4. The molecule has 0 spiro atoms. The summed E-state index contributed by atoms with van der Waals surface area (Å²) < 4.78 is 40.8. The van der Waals surface area contributed by atoms with Crippen LogP contribution in [0, 0.1) is 5.82 Å². The molecule has 0 aliphatic rings.